The van der Waals surface area contributed by atoms with Gasteiger partial charge in [-0.15, -0.1) is 5.10 Å². The number of nitrogens with zero attached hydrogens (tertiary/aromatic N) is 3. The third-order valence-corrected chi connectivity index (χ3v) is 3.67. The van der Waals surface area contributed by atoms with Crippen LogP contribution in [0.5, 0.6) is 0 Å². The summed E-state index contributed by atoms with van der Waals surface area (Å²) in [7, 11) is -3.70. The molecule has 2 rings (SSSR count). The number of hydrogen-bond donors (Lipinski definition) is 2. The van der Waals surface area contributed by atoms with E-state index in [-0.39, 0.29) is 11.5 Å². The number of nitrogens with two attached hydrogens (primary N) is 1. The molecule has 3 N–H and O–H groups in total. The van der Waals surface area contributed by atoms with Gasteiger partial charge in [0.25, 0.3) is 0 Å². The predicted octanol–water partition coefficient (Wildman–Crippen LogP) is -0.0306. The first-order valence-electron chi connectivity index (χ1n) is 5.65. The summed E-state index contributed by atoms with van der Waals surface area (Å²) in [5.41, 5.74) is 1.96. The molecule has 1 heterocycles. The van der Waals surface area contributed by atoms with Crippen LogP contribution in [-0.4, -0.2) is 28.5 Å². The van der Waals surface area contributed by atoms with Crippen molar-refractivity contribution in [2.24, 2.45) is 5.14 Å². The highest BCUT2D eigenvalue weighted by atomic mass is 32.2. The van der Waals surface area contributed by atoms with Crippen molar-refractivity contribution in [1.82, 2.24) is 15.0 Å². The molecule has 0 atom stereocenters. The average Bonchev–Trinajstić information content (AvgIpc) is 2.80. The van der Waals surface area contributed by atoms with Gasteiger partial charge in [0.1, 0.15) is 5.69 Å². The van der Waals surface area contributed by atoms with Crippen molar-refractivity contribution in [2.75, 3.05) is 0 Å². The van der Waals surface area contributed by atoms with Crippen molar-refractivity contribution >= 4 is 10.0 Å². The van der Waals surface area contributed by atoms with Crippen molar-refractivity contribution < 1.29 is 13.5 Å². The summed E-state index contributed by atoms with van der Waals surface area (Å²) in [6.07, 6.45) is 0.653. The number of aromatic nitrogens is 3. The van der Waals surface area contributed by atoms with Gasteiger partial charge in [0.05, 0.1) is 22.9 Å². The molecule has 0 aliphatic heterocycles. The van der Waals surface area contributed by atoms with Crippen molar-refractivity contribution in [3.8, 4) is 5.69 Å². The van der Waals surface area contributed by atoms with Crippen molar-refractivity contribution in [3.63, 3.8) is 0 Å². The highest BCUT2D eigenvalue weighted by Crippen LogP contribution is 2.16. The first-order valence-corrected chi connectivity index (χ1v) is 7.19. The van der Waals surface area contributed by atoms with Gasteiger partial charge in [-0.25, -0.2) is 18.2 Å². The minimum Gasteiger partial charge on any atom is -0.390 e. The van der Waals surface area contributed by atoms with Crippen LogP contribution in [-0.2, 0) is 23.1 Å². The second-order valence-corrected chi connectivity index (χ2v) is 5.51. The molecule has 1 aromatic heterocycles. The Hall–Kier alpha value is -1.77. The van der Waals surface area contributed by atoms with Crippen LogP contribution < -0.4 is 5.14 Å². The molecule has 0 saturated carbocycles. The smallest absolute Gasteiger partial charge is 0.238 e. The zero-order valence-corrected chi connectivity index (χ0v) is 11.1. The lowest BCUT2D eigenvalue weighted by Crippen LogP contribution is -2.12. The minimum absolute atomic E-state index is 0.0387. The van der Waals surface area contributed by atoms with Crippen LogP contribution in [0.2, 0.25) is 0 Å². The molecular formula is C11H14N4O3S. The monoisotopic (exact) mass is 282 g/mol. The number of rotatable bonds is 4. The van der Waals surface area contributed by atoms with E-state index in [4.69, 9.17) is 10.2 Å². The molecule has 0 aliphatic rings. The molecule has 19 heavy (non-hydrogen) atoms. The van der Waals surface area contributed by atoms with Gasteiger partial charge >= 0.3 is 0 Å². The van der Waals surface area contributed by atoms with Crippen LogP contribution >= 0.6 is 0 Å². The minimum atomic E-state index is -3.70. The fourth-order valence-electron chi connectivity index (χ4n) is 1.79. The lowest BCUT2D eigenvalue weighted by atomic mass is 10.2. The van der Waals surface area contributed by atoms with E-state index in [1.54, 1.807) is 16.8 Å². The standard InChI is InChI=1S/C11H14N4O3S/c1-2-11-10(7-16)13-14-15(11)8-3-5-9(6-4-8)19(12,17)18/h3-6,16H,2,7H2,1H3,(H2,12,17,18). The lowest BCUT2D eigenvalue weighted by Gasteiger charge is -2.06. The van der Waals surface area contributed by atoms with Crippen LogP contribution in [0.15, 0.2) is 29.2 Å². The van der Waals surface area contributed by atoms with E-state index in [2.05, 4.69) is 10.3 Å². The Morgan fingerprint density at radius 1 is 1.32 bits per heavy atom. The SMILES string of the molecule is CCc1c(CO)nnn1-c1ccc(S(N)(=O)=O)cc1. The second-order valence-electron chi connectivity index (χ2n) is 3.95. The van der Waals surface area contributed by atoms with E-state index in [0.717, 1.165) is 5.69 Å². The highest BCUT2D eigenvalue weighted by molar-refractivity contribution is 7.89. The first kappa shape index (κ1) is 13.7. The van der Waals surface area contributed by atoms with Gasteiger partial charge in [0.15, 0.2) is 0 Å². The molecule has 0 saturated heterocycles. The average molecular weight is 282 g/mol. The lowest BCUT2D eigenvalue weighted by molar-refractivity contribution is 0.275. The topological polar surface area (TPSA) is 111 Å². The van der Waals surface area contributed by atoms with Crippen LogP contribution in [0.4, 0.5) is 0 Å². The van der Waals surface area contributed by atoms with Gasteiger partial charge < -0.3 is 5.11 Å². The van der Waals surface area contributed by atoms with Gasteiger partial charge in [-0.1, -0.05) is 12.1 Å². The molecule has 0 spiro atoms. The van der Waals surface area contributed by atoms with Gasteiger partial charge in [0, 0.05) is 0 Å². The quantitative estimate of drug-likeness (QED) is 0.818. The summed E-state index contributed by atoms with van der Waals surface area (Å²) in [5.74, 6) is 0. The van der Waals surface area contributed by atoms with Crippen molar-refractivity contribution in [2.45, 2.75) is 24.8 Å². The van der Waals surface area contributed by atoms with E-state index in [1.165, 1.54) is 12.1 Å². The number of hydrogen-bond acceptors (Lipinski definition) is 5. The molecule has 0 unspecified atom stereocenters. The Kier molecular flexibility index (Phi) is 3.65. The summed E-state index contributed by atoms with van der Waals surface area (Å²) in [6.45, 7) is 1.74. The molecule has 8 heteroatoms. The molecule has 7 nitrogen and oxygen atoms in total. The van der Waals surface area contributed by atoms with Crippen molar-refractivity contribution in [3.05, 3.63) is 35.7 Å². The van der Waals surface area contributed by atoms with E-state index in [0.29, 0.717) is 17.8 Å². The summed E-state index contributed by atoms with van der Waals surface area (Å²) in [4.78, 5) is 0.0387. The number of aliphatic hydroxyl groups excluding tert-OH is 1. The van der Waals surface area contributed by atoms with Crippen LogP contribution in [0, 0.1) is 0 Å². The Morgan fingerprint density at radius 3 is 2.42 bits per heavy atom. The largest absolute Gasteiger partial charge is 0.390 e. The fourth-order valence-corrected chi connectivity index (χ4v) is 2.31. The van der Waals surface area contributed by atoms with Gasteiger partial charge in [0.2, 0.25) is 10.0 Å². The molecule has 2 aromatic rings. The van der Waals surface area contributed by atoms with Gasteiger partial charge in [-0.2, -0.15) is 0 Å². The molecular weight excluding hydrogens is 268 g/mol. The normalized spacial score (nSPS) is 11.7. The zero-order valence-electron chi connectivity index (χ0n) is 10.3. The third-order valence-electron chi connectivity index (χ3n) is 2.74. The number of sulfonamides is 1. The number of benzene rings is 1. The molecule has 0 fully saturated rings. The Balaban J connectivity index is 2.46. The van der Waals surface area contributed by atoms with Crippen LogP contribution in [0.3, 0.4) is 0 Å². The zero-order chi connectivity index (χ0) is 14.0. The summed E-state index contributed by atoms with van der Waals surface area (Å²) >= 11 is 0. The van der Waals surface area contributed by atoms with Crippen LogP contribution in [0.25, 0.3) is 5.69 Å². The van der Waals surface area contributed by atoms with Crippen LogP contribution in [0.1, 0.15) is 18.3 Å². The summed E-state index contributed by atoms with van der Waals surface area (Å²) in [6, 6.07) is 6.00. The summed E-state index contributed by atoms with van der Waals surface area (Å²) < 4.78 is 23.9. The molecule has 0 bridgehead atoms. The van der Waals surface area contributed by atoms with E-state index >= 15 is 0 Å². The highest BCUT2D eigenvalue weighted by Gasteiger charge is 2.13. The van der Waals surface area contributed by atoms with E-state index in [1.807, 2.05) is 6.92 Å². The maximum Gasteiger partial charge on any atom is 0.238 e. The predicted molar refractivity (Wildman–Crippen MR) is 68.0 cm³/mol. The molecule has 1 aromatic carbocycles. The second kappa shape index (κ2) is 5.08. The maximum atomic E-state index is 11.2. The molecule has 0 amide bonds. The first-order chi connectivity index (χ1) is 8.97. The Bertz CT molecular complexity index is 676. The molecule has 0 radical (unpaired) electrons. The Labute approximate surface area is 110 Å². The maximum absolute atomic E-state index is 11.2. The van der Waals surface area contributed by atoms with Crippen molar-refractivity contribution in [1.29, 1.82) is 0 Å². The van der Waals surface area contributed by atoms with Gasteiger partial charge in [-0.05, 0) is 30.7 Å². The third kappa shape index (κ3) is 2.65. The van der Waals surface area contributed by atoms with E-state index in [9.17, 15) is 8.42 Å². The molecule has 0 aliphatic carbocycles. The number of aliphatic hydroxyl groups is 1. The fraction of sp³-hybridized carbons (Fsp3) is 0.273. The van der Waals surface area contributed by atoms with E-state index < -0.39 is 10.0 Å². The molecule has 102 valence electrons. The van der Waals surface area contributed by atoms with Gasteiger partial charge in [-0.3, -0.25) is 0 Å². The Morgan fingerprint density at radius 2 is 1.95 bits per heavy atom. The summed E-state index contributed by atoms with van der Waals surface area (Å²) in [5, 5.41) is 22.0. The number of primary sulfonamides is 1.